The van der Waals surface area contributed by atoms with Crippen molar-refractivity contribution in [3.8, 4) is 0 Å². The number of nitrogens with one attached hydrogen (secondary N) is 2. The fourth-order valence-electron chi connectivity index (χ4n) is 1.48. The van der Waals surface area contributed by atoms with E-state index in [4.69, 9.17) is 0 Å². The van der Waals surface area contributed by atoms with Crippen LogP contribution < -0.4 is 10.6 Å². The van der Waals surface area contributed by atoms with Crippen LogP contribution in [0, 0.1) is 0 Å². The van der Waals surface area contributed by atoms with E-state index < -0.39 is 0 Å². The highest BCUT2D eigenvalue weighted by molar-refractivity contribution is 9.10. The summed E-state index contributed by atoms with van der Waals surface area (Å²) in [6.45, 7) is 2.92. The molecule has 1 heterocycles. The molecule has 0 unspecified atom stereocenters. The smallest absolute Gasteiger partial charge is 0.132 e. The zero-order valence-electron chi connectivity index (χ0n) is 9.57. The summed E-state index contributed by atoms with van der Waals surface area (Å²) >= 11 is 3.50. The first-order valence-corrected chi connectivity index (χ1v) is 6.31. The van der Waals surface area contributed by atoms with E-state index in [1.165, 1.54) is 0 Å². The first-order chi connectivity index (χ1) is 8.29. The molecule has 17 heavy (non-hydrogen) atoms. The Labute approximate surface area is 109 Å². The van der Waals surface area contributed by atoms with Gasteiger partial charge in [0.2, 0.25) is 0 Å². The fraction of sp³-hybridized carbons (Fsp3) is 0.154. The predicted molar refractivity (Wildman–Crippen MR) is 75.8 cm³/mol. The second-order valence-corrected chi connectivity index (χ2v) is 4.40. The van der Waals surface area contributed by atoms with Crippen LogP contribution in [0.25, 0.3) is 0 Å². The zero-order chi connectivity index (χ0) is 12.1. The van der Waals surface area contributed by atoms with Crippen molar-refractivity contribution < 1.29 is 0 Å². The van der Waals surface area contributed by atoms with Gasteiger partial charge in [-0.3, -0.25) is 0 Å². The van der Waals surface area contributed by atoms with Crippen LogP contribution in [0.1, 0.15) is 6.92 Å². The second-order valence-electron chi connectivity index (χ2n) is 3.54. The number of hydrogen-bond donors (Lipinski definition) is 2. The molecule has 88 valence electrons. The van der Waals surface area contributed by atoms with Crippen molar-refractivity contribution >= 4 is 33.3 Å². The van der Waals surface area contributed by atoms with Gasteiger partial charge < -0.3 is 10.6 Å². The molecule has 0 aliphatic rings. The molecule has 0 saturated carbocycles. The van der Waals surface area contributed by atoms with Crippen LogP contribution >= 0.6 is 15.9 Å². The number of para-hydroxylation sites is 1. The van der Waals surface area contributed by atoms with E-state index in [0.717, 1.165) is 28.3 Å². The topological polar surface area (TPSA) is 37.0 Å². The van der Waals surface area contributed by atoms with Crippen LogP contribution in [0.5, 0.6) is 0 Å². The molecule has 0 radical (unpaired) electrons. The van der Waals surface area contributed by atoms with Gasteiger partial charge >= 0.3 is 0 Å². The molecule has 2 rings (SSSR count). The third-order valence-corrected chi connectivity index (χ3v) is 2.94. The summed E-state index contributed by atoms with van der Waals surface area (Å²) in [5.74, 6) is 1.71. The van der Waals surface area contributed by atoms with E-state index in [-0.39, 0.29) is 0 Å². The lowest BCUT2D eigenvalue weighted by molar-refractivity contribution is 1.16. The highest BCUT2D eigenvalue weighted by Crippen LogP contribution is 2.24. The number of pyridine rings is 1. The first-order valence-electron chi connectivity index (χ1n) is 5.52. The molecule has 0 fully saturated rings. The van der Waals surface area contributed by atoms with Crippen LogP contribution in [0.2, 0.25) is 0 Å². The number of nitrogens with zero attached hydrogens (tertiary/aromatic N) is 1. The van der Waals surface area contributed by atoms with Gasteiger partial charge in [0.15, 0.2) is 0 Å². The van der Waals surface area contributed by atoms with Gasteiger partial charge in [0.25, 0.3) is 0 Å². The van der Waals surface area contributed by atoms with Gasteiger partial charge in [-0.25, -0.2) is 4.98 Å². The standard InChI is InChI=1S/C13H14BrN3/c1-2-15-12-8-5-9-13(17-12)16-11-7-4-3-6-10(11)14/h3-9H,2H2,1H3,(H2,15,16,17). The Morgan fingerprint density at radius 1 is 1.06 bits per heavy atom. The lowest BCUT2D eigenvalue weighted by Gasteiger charge is -2.09. The van der Waals surface area contributed by atoms with Crippen LogP contribution in [0.3, 0.4) is 0 Å². The van der Waals surface area contributed by atoms with Gasteiger partial charge in [-0.05, 0) is 47.1 Å². The summed E-state index contributed by atoms with van der Waals surface area (Å²) in [6.07, 6.45) is 0. The van der Waals surface area contributed by atoms with Crippen LogP contribution in [0.4, 0.5) is 17.3 Å². The Morgan fingerprint density at radius 2 is 1.82 bits per heavy atom. The number of benzene rings is 1. The summed E-state index contributed by atoms with van der Waals surface area (Å²) in [5.41, 5.74) is 1.01. The van der Waals surface area contributed by atoms with E-state index in [1.807, 2.05) is 42.5 Å². The van der Waals surface area contributed by atoms with E-state index in [1.54, 1.807) is 0 Å². The van der Waals surface area contributed by atoms with Gasteiger partial charge in [-0.2, -0.15) is 0 Å². The predicted octanol–water partition coefficient (Wildman–Crippen LogP) is 4.02. The Kier molecular flexibility index (Phi) is 3.98. The van der Waals surface area contributed by atoms with Crippen molar-refractivity contribution in [3.05, 3.63) is 46.9 Å². The van der Waals surface area contributed by atoms with Gasteiger partial charge in [-0.15, -0.1) is 0 Å². The second kappa shape index (κ2) is 5.68. The molecule has 1 aromatic heterocycles. The normalized spacial score (nSPS) is 10.0. The Balaban J connectivity index is 2.18. The molecule has 0 atom stereocenters. The number of hydrogen-bond acceptors (Lipinski definition) is 3. The SMILES string of the molecule is CCNc1cccc(Nc2ccccc2Br)n1. The van der Waals surface area contributed by atoms with E-state index in [9.17, 15) is 0 Å². The maximum atomic E-state index is 4.46. The molecule has 0 bridgehead atoms. The van der Waals surface area contributed by atoms with Gasteiger partial charge in [0, 0.05) is 11.0 Å². The Bertz CT molecular complexity index is 500. The molecular formula is C13H14BrN3. The number of aromatic nitrogens is 1. The number of anilines is 3. The van der Waals surface area contributed by atoms with E-state index in [0.29, 0.717) is 0 Å². The molecule has 3 nitrogen and oxygen atoms in total. The summed E-state index contributed by atoms with van der Waals surface area (Å²) in [6, 6.07) is 13.8. The van der Waals surface area contributed by atoms with Crippen LogP contribution in [-0.2, 0) is 0 Å². The fourth-order valence-corrected chi connectivity index (χ4v) is 1.87. The first kappa shape index (κ1) is 11.9. The van der Waals surface area contributed by atoms with Crippen molar-refractivity contribution in [3.63, 3.8) is 0 Å². The minimum Gasteiger partial charge on any atom is -0.370 e. The molecule has 4 heteroatoms. The highest BCUT2D eigenvalue weighted by atomic mass is 79.9. The van der Waals surface area contributed by atoms with Gasteiger partial charge in [0.1, 0.15) is 11.6 Å². The molecular weight excluding hydrogens is 278 g/mol. The van der Waals surface area contributed by atoms with E-state index in [2.05, 4.69) is 38.5 Å². The summed E-state index contributed by atoms with van der Waals surface area (Å²) in [4.78, 5) is 4.46. The largest absolute Gasteiger partial charge is 0.370 e. The zero-order valence-corrected chi connectivity index (χ0v) is 11.2. The Morgan fingerprint density at radius 3 is 2.59 bits per heavy atom. The lowest BCUT2D eigenvalue weighted by Crippen LogP contribution is -2.01. The van der Waals surface area contributed by atoms with Crippen molar-refractivity contribution in [1.29, 1.82) is 0 Å². The third-order valence-electron chi connectivity index (χ3n) is 2.24. The average Bonchev–Trinajstić information content (AvgIpc) is 2.33. The van der Waals surface area contributed by atoms with Crippen LogP contribution in [-0.4, -0.2) is 11.5 Å². The minimum atomic E-state index is 0.829. The lowest BCUT2D eigenvalue weighted by atomic mass is 10.3. The van der Waals surface area contributed by atoms with Crippen LogP contribution in [0.15, 0.2) is 46.9 Å². The van der Waals surface area contributed by atoms with Gasteiger partial charge in [0.05, 0.1) is 5.69 Å². The molecule has 2 aromatic rings. The number of rotatable bonds is 4. The molecule has 2 N–H and O–H groups in total. The van der Waals surface area contributed by atoms with Crippen molar-refractivity contribution in [2.75, 3.05) is 17.2 Å². The minimum absolute atomic E-state index is 0.829. The molecule has 0 aliphatic heterocycles. The molecule has 0 spiro atoms. The molecule has 0 saturated heterocycles. The molecule has 0 aliphatic carbocycles. The number of halogens is 1. The van der Waals surface area contributed by atoms with E-state index >= 15 is 0 Å². The summed E-state index contributed by atoms with van der Waals surface area (Å²) < 4.78 is 1.02. The third kappa shape index (κ3) is 3.20. The Hall–Kier alpha value is -1.55. The van der Waals surface area contributed by atoms with Gasteiger partial charge in [-0.1, -0.05) is 18.2 Å². The average molecular weight is 292 g/mol. The summed E-state index contributed by atoms with van der Waals surface area (Å²) in [5, 5.41) is 6.46. The quantitative estimate of drug-likeness (QED) is 0.893. The monoisotopic (exact) mass is 291 g/mol. The molecule has 1 aromatic carbocycles. The maximum Gasteiger partial charge on any atom is 0.132 e. The maximum absolute atomic E-state index is 4.46. The van der Waals surface area contributed by atoms with Crippen molar-refractivity contribution in [2.45, 2.75) is 6.92 Å². The van der Waals surface area contributed by atoms with Crippen molar-refractivity contribution in [2.24, 2.45) is 0 Å². The molecule has 0 amide bonds. The van der Waals surface area contributed by atoms with Crippen molar-refractivity contribution in [1.82, 2.24) is 4.98 Å². The summed E-state index contributed by atoms with van der Waals surface area (Å²) in [7, 11) is 0. The highest BCUT2D eigenvalue weighted by Gasteiger charge is 2.00.